The molecule has 2 aromatic carbocycles. The first-order valence-corrected chi connectivity index (χ1v) is 8.08. The lowest BCUT2D eigenvalue weighted by Gasteiger charge is -2.26. The summed E-state index contributed by atoms with van der Waals surface area (Å²) in [7, 11) is 0. The number of halogens is 1. The lowest BCUT2D eigenvalue weighted by Crippen LogP contribution is -2.35. The Hall–Kier alpha value is -2.66. The molecule has 0 spiro atoms. The van der Waals surface area contributed by atoms with Crippen molar-refractivity contribution in [1.82, 2.24) is 4.98 Å². The molecule has 0 fully saturated rings. The number of aliphatic hydroxyl groups is 1. The number of aromatic hydroxyl groups is 1. The van der Waals surface area contributed by atoms with E-state index >= 15 is 0 Å². The van der Waals surface area contributed by atoms with Crippen LogP contribution in [0.2, 0.25) is 0 Å². The van der Waals surface area contributed by atoms with Crippen LogP contribution in [-0.2, 0) is 0 Å². The molecule has 130 valence electrons. The minimum Gasteiger partial charge on any atom is -0.505 e. The SMILES string of the molecule is Cc1cccc2c(-c3ccc(O)c(F)c3)cnc(NC(C)(C)CO)c12. The number of benzene rings is 2. The van der Waals surface area contributed by atoms with Gasteiger partial charge in [0.1, 0.15) is 5.82 Å². The van der Waals surface area contributed by atoms with E-state index in [1.165, 1.54) is 12.1 Å². The summed E-state index contributed by atoms with van der Waals surface area (Å²) in [6.45, 7) is 5.74. The summed E-state index contributed by atoms with van der Waals surface area (Å²) in [6.07, 6.45) is 1.68. The molecule has 3 rings (SSSR count). The summed E-state index contributed by atoms with van der Waals surface area (Å²) in [5.41, 5.74) is 1.94. The van der Waals surface area contributed by atoms with Crippen LogP contribution < -0.4 is 5.32 Å². The molecule has 0 saturated carbocycles. The highest BCUT2D eigenvalue weighted by Crippen LogP contribution is 2.35. The molecule has 0 bridgehead atoms. The third kappa shape index (κ3) is 3.28. The molecule has 0 radical (unpaired) electrons. The number of phenols is 1. The summed E-state index contributed by atoms with van der Waals surface area (Å²) in [6, 6.07) is 10.2. The molecule has 5 heteroatoms. The number of anilines is 1. The van der Waals surface area contributed by atoms with Gasteiger partial charge in [-0.3, -0.25) is 0 Å². The van der Waals surface area contributed by atoms with Crippen molar-refractivity contribution < 1.29 is 14.6 Å². The van der Waals surface area contributed by atoms with Crippen LogP contribution in [0.4, 0.5) is 10.2 Å². The number of fused-ring (bicyclic) bond motifs is 1. The number of nitrogens with zero attached hydrogens (tertiary/aromatic N) is 1. The zero-order valence-electron chi connectivity index (χ0n) is 14.5. The summed E-state index contributed by atoms with van der Waals surface area (Å²) in [5.74, 6) is -0.364. The topological polar surface area (TPSA) is 65.4 Å². The van der Waals surface area contributed by atoms with Crippen molar-refractivity contribution in [2.75, 3.05) is 11.9 Å². The van der Waals surface area contributed by atoms with Gasteiger partial charge in [0.2, 0.25) is 0 Å². The highest BCUT2D eigenvalue weighted by molar-refractivity contribution is 6.03. The molecule has 0 saturated heterocycles. The van der Waals surface area contributed by atoms with E-state index in [2.05, 4.69) is 10.3 Å². The Morgan fingerprint density at radius 3 is 2.64 bits per heavy atom. The lowest BCUT2D eigenvalue weighted by atomic mass is 9.97. The number of aryl methyl sites for hydroxylation is 1. The Kier molecular flexibility index (Phi) is 4.35. The number of aromatic nitrogens is 1. The van der Waals surface area contributed by atoms with Crippen molar-refractivity contribution in [2.45, 2.75) is 26.3 Å². The molecule has 1 heterocycles. The monoisotopic (exact) mass is 340 g/mol. The smallest absolute Gasteiger partial charge is 0.165 e. The van der Waals surface area contributed by atoms with Crippen LogP contribution in [0, 0.1) is 12.7 Å². The number of aliphatic hydroxyl groups excluding tert-OH is 1. The van der Waals surface area contributed by atoms with Crippen molar-refractivity contribution in [3.63, 3.8) is 0 Å². The predicted octanol–water partition coefficient (Wildman–Crippen LogP) is 4.24. The van der Waals surface area contributed by atoms with E-state index in [1.54, 1.807) is 12.3 Å². The fourth-order valence-corrected chi connectivity index (χ4v) is 2.83. The number of phenolic OH excluding ortho intramolecular Hbond substituents is 1. The van der Waals surface area contributed by atoms with E-state index in [4.69, 9.17) is 0 Å². The Labute approximate surface area is 146 Å². The molecule has 3 N–H and O–H groups in total. The second-order valence-corrected chi connectivity index (χ2v) is 6.85. The van der Waals surface area contributed by atoms with Gasteiger partial charge in [0.15, 0.2) is 11.6 Å². The van der Waals surface area contributed by atoms with Crippen LogP contribution in [-0.4, -0.2) is 27.3 Å². The lowest BCUT2D eigenvalue weighted by molar-refractivity contribution is 0.234. The third-order valence-electron chi connectivity index (χ3n) is 4.23. The molecule has 3 aromatic rings. The molecular formula is C20H21FN2O2. The zero-order chi connectivity index (χ0) is 18.2. The number of rotatable bonds is 4. The largest absolute Gasteiger partial charge is 0.505 e. The van der Waals surface area contributed by atoms with Crippen LogP contribution >= 0.6 is 0 Å². The van der Waals surface area contributed by atoms with Gasteiger partial charge in [0.25, 0.3) is 0 Å². The predicted molar refractivity (Wildman–Crippen MR) is 98.3 cm³/mol. The number of pyridine rings is 1. The Bertz CT molecular complexity index is 938. The second kappa shape index (κ2) is 6.33. The maximum Gasteiger partial charge on any atom is 0.165 e. The van der Waals surface area contributed by atoms with Crippen molar-refractivity contribution >= 4 is 16.6 Å². The molecule has 0 aliphatic rings. The van der Waals surface area contributed by atoms with E-state index in [0.717, 1.165) is 21.9 Å². The Morgan fingerprint density at radius 2 is 1.96 bits per heavy atom. The zero-order valence-corrected chi connectivity index (χ0v) is 14.5. The maximum absolute atomic E-state index is 13.8. The van der Waals surface area contributed by atoms with Crippen LogP contribution in [0.25, 0.3) is 21.9 Å². The minimum absolute atomic E-state index is 0.0347. The van der Waals surface area contributed by atoms with Crippen molar-refractivity contribution in [3.05, 3.63) is 54.0 Å². The molecule has 0 atom stereocenters. The van der Waals surface area contributed by atoms with Gasteiger partial charge in [-0.25, -0.2) is 9.37 Å². The third-order valence-corrected chi connectivity index (χ3v) is 4.23. The van der Waals surface area contributed by atoms with Crippen molar-refractivity contribution in [2.24, 2.45) is 0 Å². The Morgan fingerprint density at radius 1 is 1.20 bits per heavy atom. The molecule has 0 aliphatic heterocycles. The summed E-state index contributed by atoms with van der Waals surface area (Å²) in [4.78, 5) is 4.52. The first kappa shape index (κ1) is 17.2. The molecular weight excluding hydrogens is 319 g/mol. The van der Waals surface area contributed by atoms with Crippen molar-refractivity contribution in [3.8, 4) is 16.9 Å². The maximum atomic E-state index is 13.8. The molecule has 0 amide bonds. The fraction of sp³-hybridized carbons (Fsp3) is 0.250. The molecule has 4 nitrogen and oxygen atoms in total. The van der Waals surface area contributed by atoms with E-state index in [9.17, 15) is 14.6 Å². The normalized spacial score (nSPS) is 11.7. The molecule has 0 aliphatic carbocycles. The van der Waals surface area contributed by atoms with Crippen LogP contribution in [0.3, 0.4) is 0 Å². The highest BCUT2D eigenvalue weighted by Gasteiger charge is 2.20. The van der Waals surface area contributed by atoms with Gasteiger partial charge in [-0.05, 0) is 49.4 Å². The van der Waals surface area contributed by atoms with E-state index in [0.29, 0.717) is 11.4 Å². The number of hydrogen-bond donors (Lipinski definition) is 3. The van der Waals surface area contributed by atoms with E-state index in [1.807, 2.05) is 39.0 Å². The number of nitrogens with one attached hydrogen (secondary N) is 1. The van der Waals surface area contributed by atoms with Gasteiger partial charge in [0.05, 0.1) is 12.1 Å². The van der Waals surface area contributed by atoms with Gasteiger partial charge in [-0.1, -0.05) is 24.3 Å². The minimum atomic E-state index is -0.665. The summed E-state index contributed by atoms with van der Waals surface area (Å²) in [5, 5.41) is 24.1. The molecule has 25 heavy (non-hydrogen) atoms. The van der Waals surface area contributed by atoms with Gasteiger partial charge in [-0.2, -0.15) is 0 Å². The van der Waals surface area contributed by atoms with E-state index < -0.39 is 11.4 Å². The first-order valence-electron chi connectivity index (χ1n) is 8.08. The van der Waals surface area contributed by atoms with Gasteiger partial charge in [0, 0.05) is 17.1 Å². The van der Waals surface area contributed by atoms with Gasteiger partial charge >= 0.3 is 0 Å². The van der Waals surface area contributed by atoms with Crippen LogP contribution in [0.1, 0.15) is 19.4 Å². The van der Waals surface area contributed by atoms with Gasteiger partial charge in [-0.15, -0.1) is 0 Å². The van der Waals surface area contributed by atoms with Crippen molar-refractivity contribution in [1.29, 1.82) is 0 Å². The van der Waals surface area contributed by atoms with Gasteiger partial charge < -0.3 is 15.5 Å². The Balaban J connectivity index is 2.23. The standard InChI is InChI=1S/C20H21FN2O2/c1-12-5-4-6-14-15(13-7-8-17(25)16(21)9-13)10-22-19(18(12)14)23-20(2,3)11-24/h4-10,24-25H,11H2,1-3H3,(H,22,23). The molecule has 1 aromatic heterocycles. The number of hydrogen-bond acceptors (Lipinski definition) is 4. The second-order valence-electron chi connectivity index (χ2n) is 6.85. The summed E-state index contributed by atoms with van der Waals surface area (Å²) < 4.78 is 13.8. The fourth-order valence-electron chi connectivity index (χ4n) is 2.83. The van der Waals surface area contributed by atoms with Crippen LogP contribution in [0.5, 0.6) is 5.75 Å². The summed E-state index contributed by atoms with van der Waals surface area (Å²) >= 11 is 0. The van der Waals surface area contributed by atoms with Crippen LogP contribution in [0.15, 0.2) is 42.6 Å². The highest BCUT2D eigenvalue weighted by atomic mass is 19.1. The average Bonchev–Trinajstić information content (AvgIpc) is 2.57. The first-order chi connectivity index (χ1) is 11.8. The van der Waals surface area contributed by atoms with E-state index in [-0.39, 0.29) is 12.4 Å². The quantitative estimate of drug-likeness (QED) is 0.665. The average molecular weight is 340 g/mol. The molecule has 0 unspecified atom stereocenters.